The van der Waals surface area contributed by atoms with Crippen LogP contribution < -0.4 is 5.43 Å². The molecule has 2 heterocycles. The maximum Gasteiger partial charge on any atom is 0.272 e. The zero-order chi connectivity index (χ0) is 21.8. The minimum Gasteiger partial charge on any atom is -0.309 e. The van der Waals surface area contributed by atoms with Gasteiger partial charge in [0.2, 0.25) is 0 Å². The lowest BCUT2D eigenvalue weighted by Crippen LogP contribution is -2.17. The van der Waals surface area contributed by atoms with Crippen LogP contribution in [-0.4, -0.2) is 21.7 Å². The van der Waals surface area contributed by atoms with Crippen LogP contribution in [0, 0.1) is 0 Å². The Hall–Kier alpha value is -4.51. The Morgan fingerprint density at radius 3 is 2.31 bits per heavy atom. The second-order valence-electron chi connectivity index (χ2n) is 7.26. The van der Waals surface area contributed by atoms with Gasteiger partial charge >= 0.3 is 0 Å². The molecule has 0 aliphatic rings. The van der Waals surface area contributed by atoms with Gasteiger partial charge in [0.1, 0.15) is 0 Å². The van der Waals surface area contributed by atoms with Crippen LogP contribution in [0.15, 0.2) is 115 Å². The lowest BCUT2D eigenvalue weighted by molar-refractivity contribution is 0.0955. The molecular formula is C27H20N4O. The van der Waals surface area contributed by atoms with E-state index in [9.17, 15) is 4.79 Å². The lowest BCUT2D eigenvalue weighted by atomic mass is 10.1. The van der Waals surface area contributed by atoms with Crippen molar-refractivity contribution in [2.75, 3.05) is 0 Å². The number of nitrogens with one attached hydrogen (secondary N) is 1. The Balaban J connectivity index is 1.66. The average molecular weight is 416 g/mol. The number of hydrogen-bond acceptors (Lipinski definition) is 3. The van der Waals surface area contributed by atoms with Crippen molar-refractivity contribution in [1.82, 2.24) is 15.0 Å². The maximum absolute atomic E-state index is 12.4. The van der Waals surface area contributed by atoms with Crippen molar-refractivity contribution in [3.8, 4) is 16.9 Å². The van der Waals surface area contributed by atoms with Crippen molar-refractivity contribution in [3.05, 3.63) is 121 Å². The van der Waals surface area contributed by atoms with Crippen LogP contribution in [0.25, 0.3) is 27.8 Å². The van der Waals surface area contributed by atoms with Gasteiger partial charge in [-0.05, 0) is 35.9 Å². The third kappa shape index (κ3) is 3.68. The van der Waals surface area contributed by atoms with Crippen molar-refractivity contribution < 1.29 is 4.79 Å². The standard InChI is InChI=1S/C27H20N4O/c32-27(21-12-9-17-28-18-21)30-29-19-24-23-15-7-8-16-25(23)31(22-13-5-2-6-14-22)26(24)20-10-3-1-4-11-20/h1-19H,(H,30,32)/b29-19+. The number of para-hydroxylation sites is 2. The van der Waals surface area contributed by atoms with Gasteiger partial charge in [-0.25, -0.2) is 5.43 Å². The Morgan fingerprint density at radius 1 is 0.844 bits per heavy atom. The third-order valence-electron chi connectivity index (χ3n) is 5.26. The minimum atomic E-state index is -0.303. The largest absolute Gasteiger partial charge is 0.309 e. The fourth-order valence-electron chi connectivity index (χ4n) is 3.84. The molecule has 0 aliphatic carbocycles. The molecule has 5 heteroatoms. The highest BCUT2D eigenvalue weighted by atomic mass is 16.2. The molecule has 0 fully saturated rings. The first-order valence-electron chi connectivity index (χ1n) is 10.3. The van der Waals surface area contributed by atoms with Gasteiger partial charge in [0.25, 0.3) is 5.91 Å². The van der Waals surface area contributed by atoms with E-state index in [0.29, 0.717) is 5.56 Å². The summed E-state index contributed by atoms with van der Waals surface area (Å²) in [7, 11) is 0. The molecule has 1 amide bonds. The topological polar surface area (TPSA) is 59.3 Å². The molecule has 5 nitrogen and oxygen atoms in total. The molecule has 5 aromatic rings. The Kier molecular flexibility index (Phi) is 5.29. The molecule has 0 aliphatic heterocycles. The van der Waals surface area contributed by atoms with Crippen LogP contribution in [-0.2, 0) is 0 Å². The number of hydrazone groups is 1. The highest BCUT2D eigenvalue weighted by Crippen LogP contribution is 2.35. The van der Waals surface area contributed by atoms with Crippen LogP contribution >= 0.6 is 0 Å². The van der Waals surface area contributed by atoms with E-state index in [1.807, 2.05) is 48.5 Å². The first-order valence-corrected chi connectivity index (χ1v) is 10.3. The summed E-state index contributed by atoms with van der Waals surface area (Å²) in [5, 5.41) is 5.35. The fraction of sp³-hybridized carbons (Fsp3) is 0. The molecule has 32 heavy (non-hydrogen) atoms. The van der Waals surface area contributed by atoms with Gasteiger partial charge in [0.15, 0.2) is 0 Å². The molecule has 0 saturated carbocycles. The Labute approximate surface area is 185 Å². The van der Waals surface area contributed by atoms with Crippen LogP contribution in [0.1, 0.15) is 15.9 Å². The van der Waals surface area contributed by atoms with Crippen molar-refractivity contribution in [2.24, 2.45) is 5.10 Å². The number of aromatic nitrogens is 2. The Bertz CT molecular complexity index is 1390. The zero-order valence-corrected chi connectivity index (χ0v) is 17.2. The molecule has 0 saturated heterocycles. The summed E-state index contributed by atoms with van der Waals surface area (Å²) in [5.41, 5.74) is 8.21. The predicted molar refractivity (Wildman–Crippen MR) is 128 cm³/mol. The highest BCUT2D eigenvalue weighted by molar-refractivity contribution is 6.07. The number of benzene rings is 3. The molecule has 0 atom stereocenters. The first-order chi connectivity index (χ1) is 15.8. The predicted octanol–water partition coefficient (Wildman–Crippen LogP) is 5.46. The summed E-state index contributed by atoms with van der Waals surface area (Å²) in [6, 6.07) is 32.1. The quantitative estimate of drug-likeness (QED) is 0.306. The highest BCUT2D eigenvalue weighted by Gasteiger charge is 2.18. The number of fused-ring (bicyclic) bond motifs is 1. The Morgan fingerprint density at radius 2 is 1.56 bits per heavy atom. The fourth-order valence-corrected chi connectivity index (χ4v) is 3.84. The second-order valence-corrected chi connectivity index (χ2v) is 7.26. The van der Waals surface area contributed by atoms with Gasteiger partial charge in [-0.3, -0.25) is 9.78 Å². The van der Waals surface area contributed by atoms with Gasteiger partial charge in [0, 0.05) is 29.0 Å². The molecule has 0 unspecified atom stereocenters. The van der Waals surface area contributed by atoms with Crippen LogP contribution in [0.5, 0.6) is 0 Å². The van der Waals surface area contributed by atoms with Crippen LogP contribution in [0.2, 0.25) is 0 Å². The SMILES string of the molecule is O=C(N/N=C/c1c(-c2ccccc2)n(-c2ccccc2)c2ccccc12)c1cccnc1. The van der Waals surface area contributed by atoms with Crippen LogP contribution in [0.4, 0.5) is 0 Å². The molecule has 1 N–H and O–H groups in total. The van der Waals surface area contributed by atoms with Gasteiger partial charge in [-0.2, -0.15) is 5.10 Å². The van der Waals surface area contributed by atoms with E-state index in [4.69, 9.17) is 0 Å². The smallest absolute Gasteiger partial charge is 0.272 e. The van der Waals surface area contributed by atoms with Gasteiger partial charge in [-0.15, -0.1) is 0 Å². The van der Waals surface area contributed by atoms with E-state index >= 15 is 0 Å². The molecule has 3 aromatic carbocycles. The number of amides is 1. The van der Waals surface area contributed by atoms with Crippen molar-refractivity contribution in [2.45, 2.75) is 0 Å². The summed E-state index contributed by atoms with van der Waals surface area (Å²) in [6.07, 6.45) is 4.87. The minimum absolute atomic E-state index is 0.303. The van der Waals surface area contributed by atoms with E-state index in [0.717, 1.165) is 33.4 Å². The molecule has 0 radical (unpaired) electrons. The second kappa shape index (κ2) is 8.70. The normalized spacial score (nSPS) is 11.1. The average Bonchev–Trinajstić information content (AvgIpc) is 3.20. The summed E-state index contributed by atoms with van der Waals surface area (Å²) in [5.74, 6) is -0.303. The van der Waals surface area contributed by atoms with Gasteiger partial charge < -0.3 is 4.57 Å². The summed E-state index contributed by atoms with van der Waals surface area (Å²) in [6.45, 7) is 0. The number of carbonyl (C=O) groups is 1. The molecule has 0 bridgehead atoms. The number of hydrogen-bond donors (Lipinski definition) is 1. The van der Waals surface area contributed by atoms with E-state index in [-0.39, 0.29) is 5.91 Å². The number of rotatable bonds is 5. The van der Waals surface area contributed by atoms with E-state index in [1.165, 1.54) is 6.20 Å². The van der Waals surface area contributed by atoms with E-state index < -0.39 is 0 Å². The molecule has 5 rings (SSSR count). The third-order valence-corrected chi connectivity index (χ3v) is 5.26. The number of pyridine rings is 1. The van der Waals surface area contributed by atoms with Crippen molar-refractivity contribution >= 4 is 23.0 Å². The first kappa shape index (κ1) is 19.5. The number of nitrogens with zero attached hydrogens (tertiary/aromatic N) is 3. The van der Waals surface area contributed by atoms with E-state index in [2.05, 4.69) is 56.5 Å². The monoisotopic (exact) mass is 416 g/mol. The summed E-state index contributed by atoms with van der Waals surface area (Å²) >= 11 is 0. The van der Waals surface area contributed by atoms with Gasteiger partial charge in [-0.1, -0.05) is 66.7 Å². The maximum atomic E-state index is 12.4. The molecule has 154 valence electrons. The zero-order valence-electron chi connectivity index (χ0n) is 17.2. The van der Waals surface area contributed by atoms with Crippen molar-refractivity contribution in [3.63, 3.8) is 0 Å². The molecule has 2 aromatic heterocycles. The molecular weight excluding hydrogens is 396 g/mol. The van der Waals surface area contributed by atoms with Gasteiger partial charge in [0.05, 0.1) is 23.0 Å². The summed E-state index contributed by atoms with van der Waals surface area (Å²) < 4.78 is 2.23. The lowest BCUT2D eigenvalue weighted by Gasteiger charge is -2.12. The van der Waals surface area contributed by atoms with Crippen molar-refractivity contribution in [1.29, 1.82) is 0 Å². The summed E-state index contributed by atoms with van der Waals surface area (Å²) in [4.78, 5) is 16.4. The molecule has 0 spiro atoms. The van der Waals surface area contributed by atoms with E-state index in [1.54, 1.807) is 24.5 Å². The number of carbonyl (C=O) groups excluding carboxylic acids is 1. The van der Waals surface area contributed by atoms with Crippen LogP contribution in [0.3, 0.4) is 0 Å².